The molecule has 0 fully saturated rings. The lowest BCUT2D eigenvalue weighted by Gasteiger charge is -2.14. The summed E-state index contributed by atoms with van der Waals surface area (Å²) < 4.78 is 16.0. The Morgan fingerprint density at radius 2 is 1.75 bits per heavy atom. The number of methoxy groups -OCH3 is 3. The molecule has 0 saturated heterocycles. The third-order valence-corrected chi connectivity index (χ3v) is 3.23. The first-order chi connectivity index (χ1) is 9.53. The summed E-state index contributed by atoms with van der Waals surface area (Å²) in [4.78, 5) is 14.4. The lowest BCUT2D eigenvalue weighted by molar-refractivity contribution is 0.103. The normalized spacial score (nSPS) is 15.2. The van der Waals surface area contributed by atoms with Gasteiger partial charge in [0.2, 0.25) is 5.75 Å². The number of carbonyl (C=O) groups is 1. The second-order valence-corrected chi connectivity index (χ2v) is 4.80. The molecule has 1 aliphatic carbocycles. The highest BCUT2D eigenvalue weighted by atomic mass is 16.5. The van der Waals surface area contributed by atoms with Crippen LogP contribution >= 0.6 is 0 Å². The first-order valence-electron chi connectivity index (χ1n) is 6.27. The van der Waals surface area contributed by atoms with Gasteiger partial charge in [0.25, 0.3) is 0 Å². The first kappa shape index (κ1) is 14.2. The number of hydrogen-bond donors (Lipinski definition) is 0. The molecule has 0 radical (unpaired) electrons. The van der Waals surface area contributed by atoms with Gasteiger partial charge in [0.05, 0.1) is 26.9 Å². The van der Waals surface area contributed by atoms with Crippen LogP contribution in [0.4, 0.5) is 0 Å². The quantitative estimate of drug-likeness (QED) is 0.787. The van der Waals surface area contributed by atoms with Gasteiger partial charge in [-0.05, 0) is 11.6 Å². The number of ketones is 1. The highest BCUT2D eigenvalue weighted by Crippen LogP contribution is 2.45. The fourth-order valence-electron chi connectivity index (χ4n) is 2.46. The van der Waals surface area contributed by atoms with Gasteiger partial charge in [-0.2, -0.15) is 0 Å². The molecule has 1 aromatic carbocycles. The van der Waals surface area contributed by atoms with Gasteiger partial charge >= 0.3 is 0 Å². The molecule has 2 rings (SSSR count). The molecule has 0 amide bonds. The van der Waals surface area contributed by atoms with E-state index in [0.717, 1.165) is 11.1 Å². The van der Waals surface area contributed by atoms with E-state index in [1.807, 2.05) is 31.3 Å². The number of ether oxygens (including phenoxy) is 3. The van der Waals surface area contributed by atoms with Crippen LogP contribution in [-0.2, 0) is 6.42 Å². The van der Waals surface area contributed by atoms with Crippen molar-refractivity contribution in [3.63, 3.8) is 0 Å². The molecular weight excluding hydrogens is 258 g/mol. The highest BCUT2D eigenvalue weighted by Gasteiger charge is 2.32. The van der Waals surface area contributed by atoms with Crippen LogP contribution in [0.2, 0.25) is 0 Å². The Balaban J connectivity index is 2.63. The van der Waals surface area contributed by atoms with Gasteiger partial charge in [-0.3, -0.25) is 4.79 Å². The zero-order chi connectivity index (χ0) is 14.9. The molecule has 108 valence electrons. The monoisotopic (exact) mass is 277 g/mol. The Labute approximate surface area is 118 Å². The van der Waals surface area contributed by atoms with Gasteiger partial charge in [0.15, 0.2) is 17.3 Å². The molecule has 5 nitrogen and oxygen atoms in total. The molecular formula is C15H19NO4. The van der Waals surface area contributed by atoms with E-state index in [0.29, 0.717) is 29.2 Å². The summed E-state index contributed by atoms with van der Waals surface area (Å²) in [7, 11) is 8.40. The average Bonchev–Trinajstić information content (AvgIpc) is 2.72. The van der Waals surface area contributed by atoms with Gasteiger partial charge in [0, 0.05) is 32.3 Å². The summed E-state index contributed by atoms with van der Waals surface area (Å²) >= 11 is 0. The maximum atomic E-state index is 12.5. The molecule has 20 heavy (non-hydrogen) atoms. The predicted molar refractivity (Wildman–Crippen MR) is 75.9 cm³/mol. The molecule has 0 N–H and O–H groups in total. The van der Waals surface area contributed by atoms with Crippen LogP contribution < -0.4 is 14.2 Å². The maximum Gasteiger partial charge on any atom is 0.204 e. The Morgan fingerprint density at radius 3 is 2.25 bits per heavy atom. The topological polar surface area (TPSA) is 48.0 Å². The second-order valence-electron chi connectivity index (χ2n) is 4.80. The standard InChI is InChI=1S/C15H19NO4/c1-16(2)8-10-6-9-7-11(18-3)14(19-4)15(20-5)12(9)13(10)17/h7-8H,6H2,1-5H3/b10-8+. The molecule has 1 aromatic rings. The summed E-state index contributed by atoms with van der Waals surface area (Å²) in [5.41, 5.74) is 2.20. The molecule has 0 aliphatic heterocycles. The lowest BCUT2D eigenvalue weighted by Crippen LogP contribution is -2.07. The fourth-order valence-corrected chi connectivity index (χ4v) is 2.46. The minimum atomic E-state index is -0.0218. The van der Waals surface area contributed by atoms with Crippen molar-refractivity contribution in [1.82, 2.24) is 4.90 Å². The molecule has 0 unspecified atom stereocenters. The van der Waals surface area contributed by atoms with Gasteiger partial charge < -0.3 is 19.1 Å². The number of nitrogens with zero attached hydrogens (tertiary/aromatic N) is 1. The van der Waals surface area contributed by atoms with Crippen molar-refractivity contribution in [2.24, 2.45) is 0 Å². The van der Waals surface area contributed by atoms with Crippen molar-refractivity contribution < 1.29 is 19.0 Å². The van der Waals surface area contributed by atoms with Crippen molar-refractivity contribution in [2.75, 3.05) is 35.4 Å². The largest absolute Gasteiger partial charge is 0.493 e. The van der Waals surface area contributed by atoms with Crippen LogP contribution in [-0.4, -0.2) is 46.1 Å². The number of fused-ring (bicyclic) bond motifs is 1. The summed E-state index contributed by atoms with van der Waals surface area (Å²) in [6, 6.07) is 1.84. The molecule has 0 heterocycles. The van der Waals surface area contributed by atoms with Gasteiger partial charge in [-0.25, -0.2) is 0 Å². The average molecular weight is 277 g/mol. The molecule has 5 heteroatoms. The molecule has 0 aromatic heterocycles. The molecule has 1 aliphatic rings. The van der Waals surface area contributed by atoms with Crippen molar-refractivity contribution in [2.45, 2.75) is 6.42 Å². The number of rotatable bonds is 4. The summed E-state index contributed by atoms with van der Waals surface area (Å²) in [6.45, 7) is 0. The SMILES string of the molecule is COc1cc2c(c(OC)c1OC)C(=O)/C(=C/N(C)C)C2. The fraction of sp³-hybridized carbons (Fsp3) is 0.400. The van der Waals surface area contributed by atoms with E-state index in [4.69, 9.17) is 14.2 Å². The molecule has 0 atom stereocenters. The minimum absolute atomic E-state index is 0.0218. The van der Waals surface area contributed by atoms with E-state index in [2.05, 4.69) is 0 Å². The molecule has 0 bridgehead atoms. The Kier molecular flexibility index (Phi) is 3.88. The van der Waals surface area contributed by atoms with Crippen molar-refractivity contribution in [3.05, 3.63) is 29.0 Å². The summed E-state index contributed by atoms with van der Waals surface area (Å²) in [5.74, 6) is 1.44. The zero-order valence-electron chi connectivity index (χ0n) is 12.4. The Bertz CT molecular complexity index is 576. The number of allylic oxidation sites excluding steroid dienone is 1. The van der Waals surface area contributed by atoms with Gasteiger partial charge in [0.1, 0.15) is 0 Å². The minimum Gasteiger partial charge on any atom is -0.493 e. The highest BCUT2D eigenvalue weighted by molar-refractivity contribution is 6.15. The van der Waals surface area contributed by atoms with Crippen molar-refractivity contribution >= 4 is 5.78 Å². The Morgan fingerprint density at radius 1 is 1.10 bits per heavy atom. The van der Waals surface area contributed by atoms with Crippen molar-refractivity contribution in [3.8, 4) is 17.2 Å². The smallest absolute Gasteiger partial charge is 0.204 e. The number of hydrogen-bond acceptors (Lipinski definition) is 5. The van der Waals surface area contributed by atoms with Crippen LogP contribution in [0, 0.1) is 0 Å². The maximum absolute atomic E-state index is 12.5. The van der Waals surface area contributed by atoms with Crippen LogP contribution in [0.5, 0.6) is 17.2 Å². The van der Waals surface area contributed by atoms with E-state index >= 15 is 0 Å². The zero-order valence-corrected chi connectivity index (χ0v) is 12.4. The molecule has 0 saturated carbocycles. The van der Waals surface area contributed by atoms with E-state index < -0.39 is 0 Å². The second kappa shape index (κ2) is 5.45. The number of carbonyl (C=O) groups excluding carboxylic acids is 1. The Hall–Kier alpha value is -2.17. The van der Waals surface area contributed by atoms with E-state index in [1.165, 1.54) is 14.2 Å². The van der Waals surface area contributed by atoms with Crippen LogP contribution in [0.1, 0.15) is 15.9 Å². The van der Waals surface area contributed by atoms with E-state index in [-0.39, 0.29) is 5.78 Å². The lowest BCUT2D eigenvalue weighted by atomic mass is 10.1. The first-order valence-corrected chi connectivity index (χ1v) is 6.27. The van der Waals surface area contributed by atoms with Gasteiger partial charge in [-0.15, -0.1) is 0 Å². The van der Waals surface area contributed by atoms with E-state index in [9.17, 15) is 4.79 Å². The van der Waals surface area contributed by atoms with Gasteiger partial charge in [-0.1, -0.05) is 0 Å². The summed E-state index contributed by atoms with van der Waals surface area (Å²) in [5, 5.41) is 0. The van der Waals surface area contributed by atoms with Crippen molar-refractivity contribution in [1.29, 1.82) is 0 Å². The van der Waals surface area contributed by atoms with Crippen LogP contribution in [0.25, 0.3) is 0 Å². The van der Waals surface area contributed by atoms with Crippen LogP contribution in [0.3, 0.4) is 0 Å². The summed E-state index contributed by atoms with van der Waals surface area (Å²) in [6.07, 6.45) is 2.41. The molecule has 0 spiro atoms. The van der Waals surface area contributed by atoms with Crippen LogP contribution in [0.15, 0.2) is 17.8 Å². The third-order valence-electron chi connectivity index (χ3n) is 3.23. The van der Waals surface area contributed by atoms with E-state index in [1.54, 1.807) is 7.11 Å². The number of benzene rings is 1. The predicted octanol–water partition coefficient (Wildman–Crippen LogP) is 1.90. The number of Topliss-reactive ketones (excluding diaryl/α,β-unsaturated/α-hetero) is 1. The third kappa shape index (κ3) is 2.19.